The predicted octanol–water partition coefficient (Wildman–Crippen LogP) is 2.40. The average Bonchev–Trinajstić information content (AvgIpc) is 2.64. The van der Waals surface area contributed by atoms with E-state index in [0.29, 0.717) is 12.2 Å². The van der Waals surface area contributed by atoms with Crippen molar-refractivity contribution >= 4 is 0 Å². The van der Waals surface area contributed by atoms with E-state index in [1.165, 1.54) is 0 Å². The summed E-state index contributed by atoms with van der Waals surface area (Å²) in [5.41, 5.74) is 0.711. The summed E-state index contributed by atoms with van der Waals surface area (Å²) in [5, 5.41) is 3.22. The average molecular weight is 213 g/mol. The highest BCUT2D eigenvalue weighted by atomic mass is 19.2. The van der Waals surface area contributed by atoms with E-state index in [1.807, 2.05) is 0 Å². The highest BCUT2D eigenvalue weighted by Crippen LogP contribution is 2.35. The van der Waals surface area contributed by atoms with Crippen LogP contribution in [-0.4, -0.2) is 13.2 Å². The summed E-state index contributed by atoms with van der Waals surface area (Å²) in [4.78, 5) is 0. The van der Waals surface area contributed by atoms with Gasteiger partial charge in [-0.1, -0.05) is 13.0 Å². The number of benzene rings is 1. The molecule has 0 fully saturated rings. The molecule has 0 saturated heterocycles. The quantitative estimate of drug-likeness (QED) is 0.832. The van der Waals surface area contributed by atoms with Gasteiger partial charge in [0.25, 0.3) is 0 Å². The molecule has 1 unspecified atom stereocenters. The van der Waals surface area contributed by atoms with Gasteiger partial charge < -0.3 is 10.1 Å². The number of halogens is 2. The first kappa shape index (κ1) is 10.4. The molecule has 0 saturated carbocycles. The van der Waals surface area contributed by atoms with Crippen molar-refractivity contribution in [2.24, 2.45) is 0 Å². The lowest BCUT2D eigenvalue weighted by Crippen LogP contribution is -2.22. The highest BCUT2D eigenvalue weighted by molar-refractivity contribution is 5.41. The van der Waals surface area contributed by atoms with Crippen molar-refractivity contribution in [1.29, 1.82) is 0 Å². The molecule has 1 heterocycles. The van der Waals surface area contributed by atoms with E-state index >= 15 is 0 Å². The maximum atomic E-state index is 13.3. The summed E-state index contributed by atoms with van der Waals surface area (Å²) in [7, 11) is 0. The fourth-order valence-electron chi connectivity index (χ4n) is 1.71. The normalized spacial score (nSPS) is 18.7. The smallest absolute Gasteiger partial charge is 0.200 e. The van der Waals surface area contributed by atoms with Crippen LogP contribution in [0.4, 0.5) is 8.78 Å². The first-order chi connectivity index (χ1) is 7.24. The lowest BCUT2D eigenvalue weighted by atomic mass is 10.1. The van der Waals surface area contributed by atoms with Gasteiger partial charge in [-0.25, -0.2) is 4.39 Å². The van der Waals surface area contributed by atoms with E-state index < -0.39 is 11.6 Å². The van der Waals surface area contributed by atoms with Crippen LogP contribution < -0.4 is 10.1 Å². The first-order valence-corrected chi connectivity index (χ1v) is 5.08. The van der Waals surface area contributed by atoms with E-state index in [2.05, 4.69) is 12.2 Å². The number of rotatable bonds is 3. The van der Waals surface area contributed by atoms with Crippen molar-refractivity contribution in [3.05, 3.63) is 29.3 Å². The molecule has 2 nitrogen and oxygen atoms in total. The molecule has 1 atom stereocenters. The van der Waals surface area contributed by atoms with Crippen LogP contribution in [0.2, 0.25) is 0 Å². The van der Waals surface area contributed by atoms with Gasteiger partial charge in [-0.05, 0) is 19.0 Å². The van der Waals surface area contributed by atoms with Crippen LogP contribution in [0, 0.1) is 11.6 Å². The Labute approximate surface area is 87.2 Å². The van der Waals surface area contributed by atoms with Crippen LogP contribution in [0.3, 0.4) is 0 Å². The van der Waals surface area contributed by atoms with Crippen molar-refractivity contribution < 1.29 is 13.5 Å². The summed E-state index contributed by atoms with van der Waals surface area (Å²) >= 11 is 0. The van der Waals surface area contributed by atoms with Gasteiger partial charge in [-0.3, -0.25) is 0 Å². The standard InChI is InChI=1S/C11H13F2NO/c1-2-5-14-9-6-15-11-7(9)3-4-8(12)10(11)13/h3-4,9,14H,2,5-6H2,1H3. The van der Waals surface area contributed by atoms with Crippen LogP contribution in [0.1, 0.15) is 24.9 Å². The summed E-state index contributed by atoms with van der Waals surface area (Å²) in [6.07, 6.45) is 0.996. The minimum Gasteiger partial charge on any atom is -0.488 e. The second-order valence-electron chi connectivity index (χ2n) is 3.60. The van der Waals surface area contributed by atoms with Crippen LogP contribution in [-0.2, 0) is 0 Å². The molecule has 2 rings (SSSR count). The number of hydrogen-bond donors (Lipinski definition) is 1. The molecule has 0 amide bonds. The molecule has 1 aromatic carbocycles. The van der Waals surface area contributed by atoms with E-state index in [1.54, 1.807) is 6.07 Å². The van der Waals surface area contributed by atoms with Gasteiger partial charge in [0.2, 0.25) is 5.82 Å². The lowest BCUT2D eigenvalue weighted by Gasteiger charge is -2.09. The summed E-state index contributed by atoms with van der Waals surface area (Å²) in [6, 6.07) is 2.70. The zero-order valence-corrected chi connectivity index (χ0v) is 8.52. The van der Waals surface area contributed by atoms with E-state index in [0.717, 1.165) is 19.0 Å². The van der Waals surface area contributed by atoms with E-state index in [4.69, 9.17) is 4.74 Å². The number of hydrogen-bond acceptors (Lipinski definition) is 2. The molecular weight excluding hydrogens is 200 g/mol. The first-order valence-electron chi connectivity index (χ1n) is 5.08. The predicted molar refractivity (Wildman–Crippen MR) is 52.9 cm³/mol. The van der Waals surface area contributed by atoms with Gasteiger partial charge >= 0.3 is 0 Å². The van der Waals surface area contributed by atoms with Gasteiger partial charge in [-0.15, -0.1) is 0 Å². The fourth-order valence-corrected chi connectivity index (χ4v) is 1.71. The van der Waals surface area contributed by atoms with E-state index in [-0.39, 0.29) is 11.8 Å². The molecule has 0 bridgehead atoms. The Hall–Kier alpha value is -1.16. The van der Waals surface area contributed by atoms with Crippen LogP contribution >= 0.6 is 0 Å². The SMILES string of the molecule is CCCNC1COc2c1ccc(F)c2F. The maximum absolute atomic E-state index is 13.3. The molecule has 1 aromatic rings. The molecular formula is C11H13F2NO. The molecule has 0 aromatic heterocycles. The third-order valence-electron chi connectivity index (χ3n) is 2.49. The lowest BCUT2D eigenvalue weighted by molar-refractivity contribution is 0.297. The molecule has 0 radical (unpaired) electrons. The summed E-state index contributed by atoms with van der Waals surface area (Å²) < 4.78 is 31.3. The molecule has 1 aliphatic rings. The number of nitrogens with one attached hydrogen (secondary N) is 1. The van der Waals surface area contributed by atoms with Gasteiger partial charge in [0, 0.05) is 5.56 Å². The Kier molecular flexibility index (Phi) is 2.86. The molecule has 4 heteroatoms. The van der Waals surface area contributed by atoms with Gasteiger partial charge in [0.1, 0.15) is 6.61 Å². The van der Waals surface area contributed by atoms with Gasteiger partial charge in [0.15, 0.2) is 11.6 Å². The number of fused-ring (bicyclic) bond motifs is 1. The molecule has 1 N–H and O–H groups in total. The fraction of sp³-hybridized carbons (Fsp3) is 0.455. The Bertz CT molecular complexity index is 368. The van der Waals surface area contributed by atoms with Crippen LogP contribution in [0.5, 0.6) is 5.75 Å². The zero-order chi connectivity index (χ0) is 10.8. The minimum absolute atomic E-state index is 0.0185. The van der Waals surface area contributed by atoms with Crippen LogP contribution in [0.25, 0.3) is 0 Å². The molecule has 0 aliphatic carbocycles. The monoisotopic (exact) mass is 213 g/mol. The largest absolute Gasteiger partial charge is 0.488 e. The second kappa shape index (κ2) is 4.14. The van der Waals surface area contributed by atoms with Crippen molar-refractivity contribution in [2.45, 2.75) is 19.4 Å². The van der Waals surface area contributed by atoms with Gasteiger partial charge in [0.05, 0.1) is 6.04 Å². The third kappa shape index (κ3) is 1.81. The highest BCUT2D eigenvalue weighted by Gasteiger charge is 2.27. The third-order valence-corrected chi connectivity index (χ3v) is 2.49. The van der Waals surface area contributed by atoms with Gasteiger partial charge in [-0.2, -0.15) is 4.39 Å². The zero-order valence-electron chi connectivity index (χ0n) is 8.52. The summed E-state index contributed by atoms with van der Waals surface area (Å²) in [5.74, 6) is -1.68. The Morgan fingerprint density at radius 2 is 2.27 bits per heavy atom. The van der Waals surface area contributed by atoms with Crippen molar-refractivity contribution in [1.82, 2.24) is 5.32 Å². The molecule has 15 heavy (non-hydrogen) atoms. The number of ether oxygens (including phenoxy) is 1. The topological polar surface area (TPSA) is 21.3 Å². The van der Waals surface area contributed by atoms with E-state index in [9.17, 15) is 8.78 Å². The maximum Gasteiger partial charge on any atom is 0.200 e. The Balaban J connectivity index is 2.24. The molecule has 82 valence electrons. The molecule has 0 spiro atoms. The van der Waals surface area contributed by atoms with Crippen LogP contribution in [0.15, 0.2) is 12.1 Å². The van der Waals surface area contributed by atoms with Crippen molar-refractivity contribution in [3.8, 4) is 5.75 Å². The van der Waals surface area contributed by atoms with Crippen molar-refractivity contribution in [3.63, 3.8) is 0 Å². The summed E-state index contributed by atoms with van der Waals surface area (Å²) in [6.45, 7) is 3.26. The Morgan fingerprint density at radius 3 is 3.00 bits per heavy atom. The minimum atomic E-state index is -0.881. The Morgan fingerprint density at radius 1 is 1.47 bits per heavy atom. The second-order valence-corrected chi connectivity index (χ2v) is 3.60. The molecule has 1 aliphatic heterocycles. The van der Waals surface area contributed by atoms with Crippen molar-refractivity contribution in [2.75, 3.05) is 13.2 Å².